The van der Waals surface area contributed by atoms with Gasteiger partial charge in [-0.25, -0.2) is 0 Å². The summed E-state index contributed by atoms with van der Waals surface area (Å²) in [7, 11) is 3.19. The Bertz CT molecular complexity index is 985. The first-order valence-electron chi connectivity index (χ1n) is 8.94. The topological polar surface area (TPSA) is 76.2 Å². The van der Waals surface area contributed by atoms with Crippen LogP contribution in [0.15, 0.2) is 42.5 Å². The van der Waals surface area contributed by atoms with E-state index < -0.39 is 0 Å². The number of hydrogen-bond donors (Lipinski definition) is 2. The number of halogens is 1. The number of rotatable bonds is 7. The molecule has 0 saturated carbocycles. The van der Waals surface area contributed by atoms with Crippen molar-refractivity contribution in [2.24, 2.45) is 0 Å². The fraction of sp³-hybridized carbons (Fsp3) is 0.238. The first-order chi connectivity index (χ1) is 13.6. The Labute approximate surface area is 168 Å². The molecule has 3 rings (SSSR count). The molecule has 3 aromatic rings. The maximum Gasteiger partial charge on any atom is 0.257 e. The molecule has 2 aromatic carbocycles. The van der Waals surface area contributed by atoms with Gasteiger partial charge in [0.1, 0.15) is 17.2 Å². The normalized spacial score (nSPS) is 10.6. The van der Waals surface area contributed by atoms with E-state index in [0.29, 0.717) is 33.5 Å². The highest BCUT2D eigenvalue weighted by Gasteiger charge is 2.21. The van der Waals surface area contributed by atoms with E-state index >= 15 is 0 Å². The predicted octanol–water partition coefficient (Wildman–Crippen LogP) is 4.95. The number of carbonyl (C=O) groups excluding carboxylic acids is 1. The second-order valence-electron chi connectivity index (χ2n) is 6.18. The first kappa shape index (κ1) is 19.8. The van der Waals surface area contributed by atoms with E-state index in [9.17, 15) is 4.79 Å². The summed E-state index contributed by atoms with van der Waals surface area (Å²) in [5, 5.41) is 10.9. The highest BCUT2D eigenvalue weighted by atomic mass is 35.5. The van der Waals surface area contributed by atoms with E-state index in [1.165, 1.54) is 0 Å². The molecule has 0 radical (unpaired) electrons. The van der Waals surface area contributed by atoms with Crippen LogP contribution in [0, 0.1) is 0 Å². The molecule has 1 amide bonds. The average Bonchev–Trinajstić information content (AvgIpc) is 3.10. The SMILES string of the molecule is CCCc1[nH]nc(-c2cc(OC)ccc2OC)c1NC(=O)c1ccccc1Cl. The monoisotopic (exact) mass is 399 g/mol. The van der Waals surface area contributed by atoms with Crippen LogP contribution in [0.25, 0.3) is 11.3 Å². The van der Waals surface area contributed by atoms with Crippen LogP contribution in [-0.2, 0) is 6.42 Å². The summed E-state index contributed by atoms with van der Waals surface area (Å²) in [6, 6.07) is 12.4. The molecule has 2 N–H and O–H groups in total. The first-order valence-corrected chi connectivity index (χ1v) is 9.32. The highest BCUT2D eigenvalue weighted by Crippen LogP contribution is 2.38. The van der Waals surface area contributed by atoms with Crippen molar-refractivity contribution in [2.75, 3.05) is 19.5 Å². The Hall–Kier alpha value is -2.99. The molecule has 0 aliphatic carbocycles. The van der Waals surface area contributed by atoms with E-state index in [-0.39, 0.29) is 5.91 Å². The van der Waals surface area contributed by atoms with Crippen LogP contribution in [0.3, 0.4) is 0 Å². The minimum Gasteiger partial charge on any atom is -0.497 e. The number of H-pyrrole nitrogens is 1. The molecule has 0 fully saturated rings. The van der Waals surface area contributed by atoms with Crippen LogP contribution in [-0.4, -0.2) is 30.3 Å². The van der Waals surface area contributed by atoms with E-state index in [2.05, 4.69) is 22.4 Å². The van der Waals surface area contributed by atoms with Gasteiger partial charge in [-0.1, -0.05) is 37.1 Å². The van der Waals surface area contributed by atoms with Gasteiger partial charge in [0, 0.05) is 5.56 Å². The molecule has 1 aromatic heterocycles. The van der Waals surface area contributed by atoms with Gasteiger partial charge in [0.2, 0.25) is 0 Å². The fourth-order valence-corrected chi connectivity index (χ4v) is 3.19. The number of aromatic nitrogens is 2. The number of amides is 1. The van der Waals surface area contributed by atoms with Crippen LogP contribution < -0.4 is 14.8 Å². The number of nitrogens with zero attached hydrogens (tertiary/aromatic N) is 1. The Morgan fingerprint density at radius 2 is 1.96 bits per heavy atom. The summed E-state index contributed by atoms with van der Waals surface area (Å²) in [6.45, 7) is 2.06. The smallest absolute Gasteiger partial charge is 0.257 e. The van der Waals surface area contributed by atoms with Gasteiger partial charge in [0.25, 0.3) is 5.91 Å². The Balaban J connectivity index is 2.07. The predicted molar refractivity (Wildman–Crippen MR) is 111 cm³/mol. The van der Waals surface area contributed by atoms with Crippen LogP contribution in [0.5, 0.6) is 11.5 Å². The van der Waals surface area contributed by atoms with Gasteiger partial charge in [0.15, 0.2) is 0 Å². The average molecular weight is 400 g/mol. The maximum atomic E-state index is 12.9. The molecule has 0 bridgehead atoms. The van der Waals surface area contributed by atoms with Crippen LogP contribution in [0.4, 0.5) is 5.69 Å². The third kappa shape index (κ3) is 3.97. The lowest BCUT2D eigenvalue weighted by Crippen LogP contribution is -2.14. The standard InChI is InChI=1S/C21H22ClN3O3/c1-4-7-17-20(23-21(26)14-8-5-6-9-16(14)22)19(25-24-17)15-12-13(27-2)10-11-18(15)28-3/h5-6,8-12H,4,7H2,1-3H3,(H,23,26)(H,24,25). The van der Waals surface area contributed by atoms with Crippen molar-refractivity contribution in [3.8, 4) is 22.8 Å². The van der Waals surface area contributed by atoms with Crippen molar-refractivity contribution >= 4 is 23.2 Å². The fourth-order valence-electron chi connectivity index (χ4n) is 2.96. The summed E-state index contributed by atoms with van der Waals surface area (Å²) < 4.78 is 10.8. The van der Waals surface area contributed by atoms with Gasteiger partial charge in [-0.05, 0) is 36.8 Å². The molecular weight excluding hydrogens is 378 g/mol. The van der Waals surface area contributed by atoms with Gasteiger partial charge in [-0.2, -0.15) is 5.10 Å². The maximum absolute atomic E-state index is 12.9. The largest absolute Gasteiger partial charge is 0.497 e. The molecule has 0 spiro atoms. The molecule has 7 heteroatoms. The molecule has 0 atom stereocenters. The van der Waals surface area contributed by atoms with Gasteiger partial charge in [-0.3, -0.25) is 9.89 Å². The summed E-state index contributed by atoms with van der Waals surface area (Å²) in [5.74, 6) is 0.996. The van der Waals surface area contributed by atoms with E-state index in [1.807, 2.05) is 18.2 Å². The van der Waals surface area contributed by atoms with E-state index in [1.54, 1.807) is 38.5 Å². The van der Waals surface area contributed by atoms with Crippen molar-refractivity contribution in [3.63, 3.8) is 0 Å². The number of hydrogen-bond acceptors (Lipinski definition) is 4. The lowest BCUT2D eigenvalue weighted by atomic mass is 10.1. The van der Waals surface area contributed by atoms with Crippen molar-refractivity contribution in [2.45, 2.75) is 19.8 Å². The second kappa shape index (κ2) is 8.80. The Kier molecular flexibility index (Phi) is 6.21. The van der Waals surface area contributed by atoms with E-state index in [4.69, 9.17) is 21.1 Å². The summed E-state index contributed by atoms with van der Waals surface area (Å²) in [4.78, 5) is 12.9. The lowest BCUT2D eigenvalue weighted by Gasteiger charge is -2.12. The van der Waals surface area contributed by atoms with Gasteiger partial charge < -0.3 is 14.8 Å². The van der Waals surface area contributed by atoms with Crippen LogP contribution in [0.2, 0.25) is 5.02 Å². The Morgan fingerprint density at radius 3 is 2.64 bits per heavy atom. The van der Waals surface area contributed by atoms with Gasteiger partial charge >= 0.3 is 0 Å². The summed E-state index contributed by atoms with van der Waals surface area (Å²) in [5.41, 5.74) is 3.15. The molecule has 0 unspecified atom stereocenters. The minimum atomic E-state index is -0.299. The van der Waals surface area contributed by atoms with Crippen molar-refractivity contribution in [1.82, 2.24) is 10.2 Å². The van der Waals surface area contributed by atoms with E-state index in [0.717, 1.165) is 24.1 Å². The number of nitrogens with one attached hydrogen (secondary N) is 2. The third-order valence-electron chi connectivity index (χ3n) is 4.36. The number of carbonyl (C=O) groups is 1. The lowest BCUT2D eigenvalue weighted by molar-refractivity contribution is 0.102. The van der Waals surface area contributed by atoms with Crippen molar-refractivity contribution in [1.29, 1.82) is 0 Å². The molecular formula is C21H22ClN3O3. The van der Waals surface area contributed by atoms with Crippen molar-refractivity contribution < 1.29 is 14.3 Å². The highest BCUT2D eigenvalue weighted by molar-refractivity contribution is 6.34. The number of anilines is 1. The zero-order chi connectivity index (χ0) is 20.1. The summed E-state index contributed by atoms with van der Waals surface area (Å²) >= 11 is 6.18. The van der Waals surface area contributed by atoms with Gasteiger partial charge in [-0.15, -0.1) is 0 Å². The molecule has 6 nitrogen and oxygen atoms in total. The van der Waals surface area contributed by atoms with Gasteiger partial charge in [0.05, 0.1) is 36.2 Å². The number of methoxy groups -OCH3 is 2. The molecule has 0 aliphatic rings. The van der Waals surface area contributed by atoms with Crippen molar-refractivity contribution in [3.05, 3.63) is 58.7 Å². The number of aryl methyl sites for hydroxylation is 1. The van der Waals surface area contributed by atoms with Crippen LogP contribution in [0.1, 0.15) is 29.4 Å². The molecule has 28 heavy (non-hydrogen) atoms. The minimum absolute atomic E-state index is 0.299. The number of aromatic amines is 1. The second-order valence-corrected chi connectivity index (χ2v) is 6.58. The Morgan fingerprint density at radius 1 is 1.18 bits per heavy atom. The van der Waals surface area contributed by atoms with Crippen LogP contribution >= 0.6 is 11.6 Å². The summed E-state index contributed by atoms with van der Waals surface area (Å²) in [6.07, 6.45) is 1.63. The molecule has 146 valence electrons. The number of ether oxygens (including phenoxy) is 2. The molecule has 0 saturated heterocycles. The zero-order valence-corrected chi connectivity index (χ0v) is 16.8. The zero-order valence-electron chi connectivity index (χ0n) is 16.0. The number of benzene rings is 2. The third-order valence-corrected chi connectivity index (χ3v) is 4.69. The molecule has 1 heterocycles. The molecule has 0 aliphatic heterocycles. The quantitative estimate of drug-likeness (QED) is 0.589.